The number of alkyl halides is 3. The molecule has 38 heavy (non-hydrogen) atoms. The Morgan fingerprint density at radius 3 is 2.00 bits per heavy atom. The van der Waals surface area contributed by atoms with E-state index in [0.29, 0.717) is 0 Å². The molecule has 0 fully saturated rings. The molecule has 1 aromatic rings. The number of hydrogen-bond acceptors (Lipinski definition) is 4. The Balaban J connectivity index is 0.000000638. The third-order valence-electron chi connectivity index (χ3n) is 7.43. The first-order valence-electron chi connectivity index (χ1n) is 14.3. The number of allylic oxidation sites excluding steroid dienone is 1. The molecule has 0 amide bonds. The number of carbonyl (C=O) groups is 2. The summed E-state index contributed by atoms with van der Waals surface area (Å²) in [4.78, 5) is 30.5. The number of aromatic amines is 1. The van der Waals surface area contributed by atoms with Crippen LogP contribution in [0.5, 0.6) is 0 Å². The van der Waals surface area contributed by atoms with E-state index in [2.05, 4.69) is 48.0 Å². The number of carbonyl (C=O) groups excluding carboxylic acids is 1. The van der Waals surface area contributed by atoms with Gasteiger partial charge in [-0.25, -0.2) is 4.79 Å². The number of hydrogen-bond donors (Lipinski definition) is 2. The second-order valence-corrected chi connectivity index (χ2v) is 10.5. The number of likely N-dealkylation sites (N-methyl/N-ethyl adjacent to an activating group) is 1. The van der Waals surface area contributed by atoms with E-state index < -0.39 is 12.1 Å². The number of carboxylic acids is 1. The van der Waals surface area contributed by atoms with Crippen molar-refractivity contribution in [1.82, 2.24) is 14.8 Å². The monoisotopic (exact) mass is 541 g/mol. The topological polar surface area (TPSA) is 76.6 Å². The highest BCUT2D eigenvalue weighted by Crippen LogP contribution is 2.38. The van der Waals surface area contributed by atoms with Crippen LogP contribution in [0.25, 0.3) is 0 Å². The van der Waals surface area contributed by atoms with Crippen molar-refractivity contribution >= 4 is 11.8 Å². The van der Waals surface area contributed by atoms with Gasteiger partial charge in [0.1, 0.15) is 0 Å². The zero-order chi connectivity index (χ0) is 28.1. The van der Waals surface area contributed by atoms with Crippen molar-refractivity contribution in [2.45, 2.75) is 110 Å². The number of unbranched alkanes of at least 4 members (excludes halogenated alkanes) is 10. The predicted molar refractivity (Wildman–Crippen MR) is 144 cm³/mol. The third kappa shape index (κ3) is 9.47. The Kier molecular flexibility index (Phi) is 13.4. The lowest BCUT2D eigenvalue weighted by atomic mass is 9.87. The smallest absolute Gasteiger partial charge is 0.475 e. The molecule has 0 saturated carbocycles. The van der Waals surface area contributed by atoms with Crippen LogP contribution in [-0.4, -0.2) is 64.5 Å². The van der Waals surface area contributed by atoms with E-state index in [1.165, 1.54) is 88.2 Å². The molecule has 2 N–H and O–H groups in total. The van der Waals surface area contributed by atoms with Crippen molar-refractivity contribution in [3.05, 3.63) is 34.8 Å². The van der Waals surface area contributed by atoms with Gasteiger partial charge >= 0.3 is 12.1 Å². The van der Waals surface area contributed by atoms with Gasteiger partial charge in [-0.2, -0.15) is 13.2 Å². The maximum absolute atomic E-state index is 13.5. The van der Waals surface area contributed by atoms with Crippen molar-refractivity contribution in [2.24, 2.45) is 0 Å². The molecular formula is C29H46F3N3O3. The van der Waals surface area contributed by atoms with Gasteiger partial charge in [0.2, 0.25) is 5.78 Å². The van der Waals surface area contributed by atoms with Gasteiger partial charge in [-0.05, 0) is 37.9 Å². The van der Waals surface area contributed by atoms with Crippen LogP contribution in [0.2, 0.25) is 0 Å². The molecule has 1 aliphatic carbocycles. The standard InChI is InChI=1S/C27H45N3O.C2HF3O2/c1-4-6-8-10-12-14-17-30(18-15-13-11-9-7-5-2)24-20-23-25-22(16-19-29(23)3)21-28-26(25)27(24)31;3-2(4,5)1(6)7/h20-21,23,28H,4-19H2,1-3H3;(H,6,7). The molecule has 2 aliphatic rings. The summed E-state index contributed by atoms with van der Waals surface area (Å²) in [6.45, 7) is 7.62. The van der Waals surface area contributed by atoms with Crippen LogP contribution in [0.3, 0.4) is 0 Å². The highest BCUT2D eigenvalue weighted by atomic mass is 19.4. The van der Waals surface area contributed by atoms with Gasteiger partial charge < -0.3 is 15.0 Å². The third-order valence-corrected chi connectivity index (χ3v) is 7.43. The van der Waals surface area contributed by atoms with Gasteiger partial charge in [0.05, 0.1) is 17.4 Å². The fraction of sp³-hybridized carbons (Fsp3) is 0.724. The van der Waals surface area contributed by atoms with Gasteiger partial charge in [0, 0.05) is 31.4 Å². The number of nitrogens with one attached hydrogen (secondary N) is 1. The summed E-state index contributed by atoms with van der Waals surface area (Å²) in [5.74, 6) is -2.54. The molecule has 0 spiro atoms. The van der Waals surface area contributed by atoms with Crippen molar-refractivity contribution in [2.75, 3.05) is 26.7 Å². The van der Waals surface area contributed by atoms with Crippen LogP contribution >= 0.6 is 0 Å². The van der Waals surface area contributed by atoms with E-state index in [4.69, 9.17) is 9.90 Å². The minimum absolute atomic E-state index is 0.213. The molecule has 0 bridgehead atoms. The second-order valence-electron chi connectivity index (χ2n) is 10.5. The number of rotatable bonds is 15. The van der Waals surface area contributed by atoms with Crippen LogP contribution in [0.15, 0.2) is 18.0 Å². The van der Waals surface area contributed by atoms with Gasteiger partial charge in [0.25, 0.3) is 0 Å². The predicted octanol–water partition coefficient (Wildman–Crippen LogP) is 7.28. The largest absolute Gasteiger partial charge is 0.490 e. The average Bonchev–Trinajstić information content (AvgIpc) is 3.31. The molecular weight excluding hydrogens is 495 g/mol. The van der Waals surface area contributed by atoms with Crippen molar-refractivity contribution in [3.8, 4) is 0 Å². The van der Waals surface area contributed by atoms with Crippen LogP contribution in [0.4, 0.5) is 13.2 Å². The highest BCUT2D eigenvalue weighted by Gasteiger charge is 2.38. The molecule has 0 saturated heterocycles. The first-order valence-corrected chi connectivity index (χ1v) is 14.3. The summed E-state index contributed by atoms with van der Waals surface area (Å²) < 4.78 is 31.7. The summed E-state index contributed by atoms with van der Waals surface area (Å²) in [5.41, 5.74) is 4.36. The zero-order valence-electron chi connectivity index (χ0n) is 23.3. The Bertz CT molecular complexity index is 895. The van der Waals surface area contributed by atoms with E-state index in [1.807, 2.05) is 0 Å². The summed E-state index contributed by atoms with van der Waals surface area (Å²) in [6.07, 6.45) is 15.8. The fourth-order valence-corrected chi connectivity index (χ4v) is 5.20. The molecule has 2 heterocycles. The number of ketones is 1. The quantitative estimate of drug-likeness (QED) is 0.228. The van der Waals surface area contributed by atoms with E-state index in [0.717, 1.165) is 37.4 Å². The molecule has 0 aromatic carbocycles. The first-order chi connectivity index (χ1) is 18.1. The maximum atomic E-state index is 13.5. The minimum atomic E-state index is -5.08. The number of Topliss-reactive ketones (excluding diaryl/α,β-unsaturated/α-hetero) is 1. The van der Waals surface area contributed by atoms with Crippen LogP contribution in [-0.2, 0) is 11.2 Å². The first kappa shape index (κ1) is 31.9. The number of aromatic nitrogens is 1. The summed E-state index contributed by atoms with van der Waals surface area (Å²) in [7, 11) is 2.19. The van der Waals surface area contributed by atoms with E-state index in [1.54, 1.807) is 0 Å². The average molecular weight is 542 g/mol. The Labute approximate surface area is 225 Å². The van der Waals surface area contributed by atoms with E-state index >= 15 is 0 Å². The van der Waals surface area contributed by atoms with Gasteiger partial charge in [-0.15, -0.1) is 0 Å². The normalized spacial score (nSPS) is 16.9. The lowest BCUT2D eigenvalue weighted by Gasteiger charge is -2.37. The molecule has 1 aliphatic heterocycles. The summed E-state index contributed by atoms with van der Waals surface area (Å²) in [5, 5.41) is 7.12. The lowest BCUT2D eigenvalue weighted by molar-refractivity contribution is -0.192. The minimum Gasteiger partial charge on any atom is -0.475 e. The van der Waals surface area contributed by atoms with Gasteiger partial charge in [-0.1, -0.05) is 78.1 Å². The van der Waals surface area contributed by atoms with Gasteiger partial charge in [0.15, 0.2) is 0 Å². The lowest BCUT2D eigenvalue weighted by Crippen LogP contribution is -2.38. The van der Waals surface area contributed by atoms with E-state index in [9.17, 15) is 18.0 Å². The Morgan fingerprint density at radius 2 is 1.50 bits per heavy atom. The molecule has 9 heteroatoms. The molecule has 1 aromatic heterocycles. The summed E-state index contributed by atoms with van der Waals surface area (Å²) >= 11 is 0. The molecule has 3 rings (SSSR count). The van der Waals surface area contributed by atoms with Crippen molar-refractivity contribution < 1.29 is 27.9 Å². The fourth-order valence-electron chi connectivity index (χ4n) is 5.20. The van der Waals surface area contributed by atoms with Gasteiger partial charge in [-0.3, -0.25) is 9.69 Å². The molecule has 0 radical (unpaired) electrons. The molecule has 1 unspecified atom stereocenters. The Morgan fingerprint density at radius 1 is 1.00 bits per heavy atom. The second kappa shape index (κ2) is 16.0. The summed E-state index contributed by atoms with van der Waals surface area (Å²) in [6, 6.07) is 0.245. The van der Waals surface area contributed by atoms with Crippen LogP contribution < -0.4 is 0 Å². The van der Waals surface area contributed by atoms with Crippen molar-refractivity contribution in [1.29, 1.82) is 0 Å². The zero-order valence-corrected chi connectivity index (χ0v) is 23.3. The molecule has 1 atom stereocenters. The van der Waals surface area contributed by atoms with Crippen LogP contribution in [0, 0.1) is 0 Å². The number of carboxylic acid groups (broad SMARTS) is 1. The highest BCUT2D eigenvalue weighted by molar-refractivity contribution is 6.09. The van der Waals surface area contributed by atoms with Crippen molar-refractivity contribution in [3.63, 3.8) is 0 Å². The maximum Gasteiger partial charge on any atom is 0.490 e. The number of halogens is 3. The SMILES string of the molecule is CCCCCCCCN(CCCCCCCC)C1=CC2c3c(c[nH]c3C1=O)CCN2C.O=C(O)C(F)(F)F. The van der Waals surface area contributed by atoms with Crippen LogP contribution in [0.1, 0.15) is 119 Å². The number of nitrogens with zero attached hydrogens (tertiary/aromatic N) is 2. The Hall–Kier alpha value is -2.29. The molecule has 6 nitrogen and oxygen atoms in total. The molecule has 216 valence electrons. The number of H-pyrrole nitrogens is 1. The number of aliphatic carboxylic acids is 1. The van der Waals surface area contributed by atoms with E-state index in [-0.39, 0.29) is 11.8 Å².